The van der Waals surface area contributed by atoms with Gasteiger partial charge in [-0.2, -0.15) is 0 Å². The molecule has 2 N–H and O–H groups in total. The molecule has 0 aliphatic rings. The molecule has 0 amide bonds. The zero-order chi connectivity index (χ0) is 8.97. The molecule has 0 aromatic carbocycles. The highest BCUT2D eigenvalue weighted by molar-refractivity contribution is 7.16. The number of rotatable bonds is 4. The van der Waals surface area contributed by atoms with Crippen LogP contribution in [0.2, 0.25) is 4.34 Å². The van der Waals surface area contributed by atoms with Gasteiger partial charge in [0, 0.05) is 11.4 Å². The second-order valence-electron chi connectivity index (χ2n) is 2.56. The zero-order valence-corrected chi connectivity index (χ0v) is 8.49. The molecule has 0 spiro atoms. The van der Waals surface area contributed by atoms with E-state index in [-0.39, 0.29) is 6.10 Å². The van der Waals surface area contributed by atoms with Gasteiger partial charge in [-0.25, -0.2) is 0 Å². The molecule has 1 heterocycles. The molecular formula is C8H12ClNOS. The molecular weight excluding hydrogens is 194 g/mol. The Morgan fingerprint density at radius 3 is 2.92 bits per heavy atom. The summed E-state index contributed by atoms with van der Waals surface area (Å²) in [6, 6.07) is 3.84. The monoisotopic (exact) mass is 205 g/mol. The van der Waals surface area contributed by atoms with Crippen LogP contribution in [0.1, 0.15) is 11.8 Å². The topological polar surface area (TPSA) is 35.2 Å². The Labute approximate surface area is 81.3 Å². The van der Waals surface area contributed by atoms with Crippen molar-refractivity contribution in [1.29, 1.82) is 0 Å². The lowest BCUT2D eigenvalue weighted by Crippen LogP contribution is -2.19. The SMILES string of the molecule is CC(CN)OCc1ccc(Cl)s1. The van der Waals surface area contributed by atoms with Gasteiger partial charge in [0.1, 0.15) is 0 Å². The number of thiophene rings is 1. The fourth-order valence-electron chi connectivity index (χ4n) is 0.722. The predicted molar refractivity (Wildman–Crippen MR) is 52.6 cm³/mol. The summed E-state index contributed by atoms with van der Waals surface area (Å²) in [5.41, 5.74) is 5.39. The quantitative estimate of drug-likeness (QED) is 0.819. The molecule has 4 heteroatoms. The lowest BCUT2D eigenvalue weighted by molar-refractivity contribution is 0.0607. The van der Waals surface area contributed by atoms with Crippen molar-refractivity contribution < 1.29 is 4.74 Å². The Hall–Kier alpha value is -0.0900. The Kier molecular flexibility index (Phi) is 4.01. The first-order valence-corrected chi connectivity index (χ1v) is 4.97. The average Bonchev–Trinajstić information content (AvgIpc) is 2.47. The number of halogens is 1. The minimum absolute atomic E-state index is 0.117. The Balaban J connectivity index is 2.33. The molecule has 0 aliphatic carbocycles. The molecule has 1 rings (SSSR count). The van der Waals surface area contributed by atoms with Crippen LogP contribution in [0.5, 0.6) is 0 Å². The maximum atomic E-state index is 5.75. The summed E-state index contributed by atoms with van der Waals surface area (Å²) in [5.74, 6) is 0. The first kappa shape index (κ1) is 9.99. The summed E-state index contributed by atoms with van der Waals surface area (Å²) < 4.78 is 6.22. The van der Waals surface area contributed by atoms with Gasteiger partial charge < -0.3 is 10.5 Å². The fourth-order valence-corrected chi connectivity index (χ4v) is 1.73. The molecule has 1 unspecified atom stereocenters. The molecule has 0 aliphatic heterocycles. The largest absolute Gasteiger partial charge is 0.372 e. The van der Waals surface area contributed by atoms with Gasteiger partial charge in [0.25, 0.3) is 0 Å². The van der Waals surface area contributed by atoms with Crippen LogP contribution in [0.25, 0.3) is 0 Å². The van der Waals surface area contributed by atoms with E-state index in [0.29, 0.717) is 13.2 Å². The van der Waals surface area contributed by atoms with Crippen molar-refractivity contribution in [2.24, 2.45) is 5.73 Å². The minimum atomic E-state index is 0.117. The Morgan fingerprint density at radius 1 is 1.67 bits per heavy atom. The molecule has 0 bridgehead atoms. The van der Waals surface area contributed by atoms with Crippen molar-refractivity contribution in [3.05, 3.63) is 21.3 Å². The van der Waals surface area contributed by atoms with E-state index in [1.807, 2.05) is 19.1 Å². The third-order valence-electron chi connectivity index (χ3n) is 1.47. The van der Waals surface area contributed by atoms with Crippen LogP contribution in [0.3, 0.4) is 0 Å². The van der Waals surface area contributed by atoms with E-state index in [0.717, 1.165) is 9.21 Å². The van der Waals surface area contributed by atoms with Gasteiger partial charge in [-0.15, -0.1) is 11.3 Å². The van der Waals surface area contributed by atoms with Gasteiger partial charge in [-0.05, 0) is 19.1 Å². The molecule has 68 valence electrons. The average molecular weight is 206 g/mol. The first-order chi connectivity index (χ1) is 5.72. The van der Waals surface area contributed by atoms with E-state index in [2.05, 4.69) is 0 Å². The van der Waals surface area contributed by atoms with Crippen molar-refractivity contribution in [3.8, 4) is 0 Å². The summed E-state index contributed by atoms with van der Waals surface area (Å²) in [6.45, 7) is 3.12. The van der Waals surface area contributed by atoms with Crippen molar-refractivity contribution in [3.63, 3.8) is 0 Å². The van der Waals surface area contributed by atoms with Gasteiger partial charge in [-0.1, -0.05) is 11.6 Å². The van der Waals surface area contributed by atoms with E-state index in [1.165, 1.54) is 11.3 Å². The highest BCUT2D eigenvalue weighted by atomic mass is 35.5. The summed E-state index contributed by atoms with van der Waals surface area (Å²) in [5, 5.41) is 0. The molecule has 2 nitrogen and oxygen atoms in total. The molecule has 1 aromatic heterocycles. The predicted octanol–water partition coefficient (Wildman–Crippen LogP) is 2.27. The second kappa shape index (κ2) is 4.82. The Morgan fingerprint density at radius 2 is 2.42 bits per heavy atom. The zero-order valence-electron chi connectivity index (χ0n) is 6.92. The summed E-state index contributed by atoms with van der Waals surface area (Å²) in [7, 11) is 0. The third-order valence-corrected chi connectivity index (χ3v) is 2.68. The lowest BCUT2D eigenvalue weighted by Gasteiger charge is -2.08. The van der Waals surface area contributed by atoms with E-state index >= 15 is 0 Å². The number of nitrogens with two attached hydrogens (primary N) is 1. The number of hydrogen-bond acceptors (Lipinski definition) is 3. The molecule has 0 saturated carbocycles. The van der Waals surface area contributed by atoms with Gasteiger partial charge in [0.15, 0.2) is 0 Å². The lowest BCUT2D eigenvalue weighted by atomic mass is 10.4. The van der Waals surface area contributed by atoms with E-state index in [9.17, 15) is 0 Å². The van der Waals surface area contributed by atoms with Crippen molar-refractivity contribution in [2.75, 3.05) is 6.54 Å². The summed E-state index contributed by atoms with van der Waals surface area (Å²) >= 11 is 7.29. The molecule has 0 radical (unpaired) electrons. The maximum Gasteiger partial charge on any atom is 0.0932 e. The fraction of sp³-hybridized carbons (Fsp3) is 0.500. The van der Waals surface area contributed by atoms with Crippen LogP contribution < -0.4 is 5.73 Å². The minimum Gasteiger partial charge on any atom is -0.372 e. The van der Waals surface area contributed by atoms with E-state index in [4.69, 9.17) is 22.1 Å². The molecule has 12 heavy (non-hydrogen) atoms. The highest BCUT2D eigenvalue weighted by Gasteiger charge is 2.01. The van der Waals surface area contributed by atoms with Gasteiger partial charge in [0.2, 0.25) is 0 Å². The van der Waals surface area contributed by atoms with Crippen LogP contribution in [-0.2, 0) is 11.3 Å². The van der Waals surface area contributed by atoms with Crippen molar-refractivity contribution in [1.82, 2.24) is 0 Å². The molecule has 1 atom stereocenters. The van der Waals surface area contributed by atoms with E-state index < -0.39 is 0 Å². The van der Waals surface area contributed by atoms with Gasteiger partial charge >= 0.3 is 0 Å². The van der Waals surface area contributed by atoms with Crippen LogP contribution in [-0.4, -0.2) is 12.6 Å². The van der Waals surface area contributed by atoms with Crippen LogP contribution in [0.15, 0.2) is 12.1 Å². The maximum absolute atomic E-state index is 5.75. The normalized spacial score (nSPS) is 13.2. The van der Waals surface area contributed by atoms with Gasteiger partial charge in [0.05, 0.1) is 17.0 Å². The van der Waals surface area contributed by atoms with Gasteiger partial charge in [-0.3, -0.25) is 0 Å². The van der Waals surface area contributed by atoms with Crippen molar-refractivity contribution in [2.45, 2.75) is 19.6 Å². The Bertz CT molecular complexity index is 239. The number of ether oxygens (including phenoxy) is 1. The molecule has 0 fully saturated rings. The van der Waals surface area contributed by atoms with Crippen LogP contribution >= 0.6 is 22.9 Å². The van der Waals surface area contributed by atoms with E-state index in [1.54, 1.807) is 0 Å². The van der Waals surface area contributed by atoms with Crippen molar-refractivity contribution >= 4 is 22.9 Å². The molecule has 0 saturated heterocycles. The highest BCUT2D eigenvalue weighted by Crippen LogP contribution is 2.22. The standard InChI is InChI=1S/C8H12ClNOS/c1-6(4-10)11-5-7-2-3-8(9)12-7/h2-3,6H,4-5,10H2,1H3. The number of hydrogen-bond donors (Lipinski definition) is 1. The third kappa shape index (κ3) is 3.11. The second-order valence-corrected chi connectivity index (χ2v) is 4.36. The van der Waals surface area contributed by atoms with Crippen LogP contribution in [0, 0.1) is 0 Å². The smallest absolute Gasteiger partial charge is 0.0932 e. The van der Waals surface area contributed by atoms with Crippen LogP contribution in [0.4, 0.5) is 0 Å². The first-order valence-electron chi connectivity index (χ1n) is 3.78. The summed E-state index contributed by atoms with van der Waals surface area (Å²) in [6.07, 6.45) is 0.117. The summed E-state index contributed by atoms with van der Waals surface area (Å²) in [4.78, 5) is 1.14. The molecule has 1 aromatic rings.